The molecule has 1 aromatic carbocycles. The SMILES string of the molecule is CNC(Cc1ccccc1)C(=O)NC(CC(C)C)C(=O)NCC(N)=O. The second-order valence-electron chi connectivity index (χ2n) is 6.41. The Balaban J connectivity index is 2.73. The van der Waals surface area contributed by atoms with Gasteiger partial charge in [-0.1, -0.05) is 44.2 Å². The van der Waals surface area contributed by atoms with E-state index in [1.165, 1.54) is 0 Å². The zero-order valence-corrected chi connectivity index (χ0v) is 15.0. The van der Waals surface area contributed by atoms with Gasteiger partial charge in [0.25, 0.3) is 0 Å². The molecular weight excluding hydrogens is 320 g/mol. The van der Waals surface area contributed by atoms with Gasteiger partial charge in [-0.15, -0.1) is 0 Å². The Kier molecular flexibility index (Phi) is 8.63. The van der Waals surface area contributed by atoms with Crippen molar-refractivity contribution in [1.82, 2.24) is 16.0 Å². The molecule has 0 saturated heterocycles. The third-order valence-electron chi connectivity index (χ3n) is 3.72. The van der Waals surface area contributed by atoms with Crippen molar-refractivity contribution in [3.63, 3.8) is 0 Å². The van der Waals surface area contributed by atoms with Gasteiger partial charge in [-0.05, 0) is 31.4 Å². The first-order chi connectivity index (χ1) is 11.8. The Morgan fingerprint density at radius 3 is 2.20 bits per heavy atom. The molecular formula is C18H28N4O3. The Morgan fingerprint density at radius 2 is 1.68 bits per heavy atom. The van der Waals surface area contributed by atoms with E-state index in [1.807, 2.05) is 44.2 Å². The molecule has 0 fully saturated rings. The molecule has 2 unspecified atom stereocenters. The van der Waals surface area contributed by atoms with Crippen molar-refractivity contribution in [2.45, 2.75) is 38.8 Å². The fourth-order valence-electron chi connectivity index (χ4n) is 2.45. The van der Waals surface area contributed by atoms with Crippen molar-refractivity contribution in [2.24, 2.45) is 11.7 Å². The summed E-state index contributed by atoms with van der Waals surface area (Å²) in [6, 6.07) is 8.47. The van der Waals surface area contributed by atoms with Crippen molar-refractivity contribution in [3.05, 3.63) is 35.9 Å². The lowest BCUT2D eigenvalue weighted by molar-refractivity contribution is -0.131. The zero-order valence-electron chi connectivity index (χ0n) is 15.0. The standard InChI is InChI=1S/C18H28N4O3/c1-12(2)9-15(17(24)21-11-16(19)23)22-18(25)14(20-3)10-13-7-5-4-6-8-13/h4-8,12,14-15,20H,9-11H2,1-3H3,(H2,19,23)(H,21,24)(H,22,25). The van der Waals surface area contributed by atoms with Crippen molar-refractivity contribution < 1.29 is 14.4 Å². The Morgan fingerprint density at radius 1 is 1.04 bits per heavy atom. The highest BCUT2D eigenvalue weighted by molar-refractivity contribution is 5.91. The van der Waals surface area contributed by atoms with E-state index in [1.54, 1.807) is 7.05 Å². The van der Waals surface area contributed by atoms with Crippen LogP contribution in [0.1, 0.15) is 25.8 Å². The minimum Gasteiger partial charge on any atom is -0.368 e. The largest absolute Gasteiger partial charge is 0.368 e. The quantitative estimate of drug-likeness (QED) is 0.475. The van der Waals surface area contributed by atoms with Crippen LogP contribution in [0.4, 0.5) is 0 Å². The molecule has 0 bridgehead atoms. The molecule has 0 saturated carbocycles. The fraction of sp³-hybridized carbons (Fsp3) is 0.500. The molecule has 0 spiro atoms. The Bertz CT molecular complexity index is 575. The van der Waals surface area contributed by atoms with Crippen LogP contribution in [0.5, 0.6) is 0 Å². The van der Waals surface area contributed by atoms with Gasteiger partial charge in [0.2, 0.25) is 17.7 Å². The topological polar surface area (TPSA) is 113 Å². The maximum atomic E-state index is 12.6. The number of nitrogens with one attached hydrogen (secondary N) is 3. The first kappa shape index (κ1) is 20.6. The minimum atomic E-state index is -0.710. The number of rotatable bonds is 10. The van der Waals surface area contributed by atoms with Gasteiger partial charge in [-0.3, -0.25) is 14.4 Å². The van der Waals surface area contributed by atoms with Crippen LogP contribution in [-0.2, 0) is 20.8 Å². The number of hydrogen-bond acceptors (Lipinski definition) is 4. The highest BCUT2D eigenvalue weighted by atomic mass is 16.2. The lowest BCUT2D eigenvalue weighted by Crippen LogP contribution is -2.54. The fourth-order valence-corrected chi connectivity index (χ4v) is 2.45. The second kappa shape index (κ2) is 10.5. The molecule has 5 N–H and O–H groups in total. The molecule has 1 aromatic rings. The third kappa shape index (κ3) is 7.80. The summed E-state index contributed by atoms with van der Waals surface area (Å²) in [6.45, 7) is 3.67. The van der Waals surface area contributed by atoms with E-state index in [2.05, 4.69) is 16.0 Å². The van der Waals surface area contributed by atoms with E-state index in [0.717, 1.165) is 5.56 Å². The van der Waals surface area contributed by atoms with E-state index >= 15 is 0 Å². The van der Waals surface area contributed by atoms with Crippen molar-refractivity contribution in [2.75, 3.05) is 13.6 Å². The normalized spacial score (nSPS) is 13.1. The smallest absolute Gasteiger partial charge is 0.243 e. The third-order valence-corrected chi connectivity index (χ3v) is 3.72. The van der Waals surface area contributed by atoms with E-state index in [0.29, 0.717) is 12.8 Å². The maximum absolute atomic E-state index is 12.6. The zero-order chi connectivity index (χ0) is 18.8. The summed E-state index contributed by atoms with van der Waals surface area (Å²) in [5.74, 6) is -1.09. The number of benzene rings is 1. The van der Waals surface area contributed by atoms with E-state index in [-0.39, 0.29) is 18.4 Å². The van der Waals surface area contributed by atoms with Gasteiger partial charge >= 0.3 is 0 Å². The van der Waals surface area contributed by atoms with E-state index in [9.17, 15) is 14.4 Å². The number of carbonyl (C=O) groups excluding carboxylic acids is 3. The lowest BCUT2D eigenvalue weighted by atomic mass is 10.0. The summed E-state index contributed by atoms with van der Waals surface area (Å²) in [4.78, 5) is 35.6. The lowest BCUT2D eigenvalue weighted by Gasteiger charge is -2.23. The van der Waals surface area contributed by atoms with Crippen molar-refractivity contribution in [1.29, 1.82) is 0 Å². The van der Waals surface area contributed by atoms with Gasteiger partial charge in [0.05, 0.1) is 12.6 Å². The molecule has 3 amide bonds. The summed E-state index contributed by atoms with van der Waals surface area (Å²) in [5.41, 5.74) is 6.07. The van der Waals surface area contributed by atoms with Crippen LogP contribution in [0.25, 0.3) is 0 Å². The number of nitrogens with two attached hydrogens (primary N) is 1. The molecule has 7 heteroatoms. The molecule has 7 nitrogen and oxygen atoms in total. The second-order valence-corrected chi connectivity index (χ2v) is 6.41. The summed E-state index contributed by atoms with van der Waals surface area (Å²) < 4.78 is 0. The first-order valence-electron chi connectivity index (χ1n) is 8.41. The first-order valence-corrected chi connectivity index (χ1v) is 8.41. The average Bonchev–Trinajstić information content (AvgIpc) is 2.57. The summed E-state index contributed by atoms with van der Waals surface area (Å²) in [5, 5.41) is 8.21. The van der Waals surface area contributed by atoms with Crippen LogP contribution in [-0.4, -0.2) is 43.4 Å². The highest BCUT2D eigenvalue weighted by Crippen LogP contribution is 2.07. The predicted octanol–water partition coefficient (Wildman–Crippen LogP) is -0.0505. The molecule has 25 heavy (non-hydrogen) atoms. The van der Waals surface area contributed by atoms with Crippen LogP contribution in [0.2, 0.25) is 0 Å². The van der Waals surface area contributed by atoms with Gasteiger partial charge in [-0.2, -0.15) is 0 Å². The Labute approximate surface area is 148 Å². The molecule has 0 aliphatic heterocycles. The minimum absolute atomic E-state index is 0.201. The summed E-state index contributed by atoms with van der Waals surface area (Å²) >= 11 is 0. The number of carbonyl (C=O) groups is 3. The predicted molar refractivity (Wildman–Crippen MR) is 96.6 cm³/mol. The summed E-state index contributed by atoms with van der Waals surface area (Å²) in [7, 11) is 1.71. The molecule has 0 heterocycles. The van der Waals surface area contributed by atoms with Crippen LogP contribution < -0.4 is 21.7 Å². The average molecular weight is 348 g/mol. The molecule has 0 aliphatic rings. The van der Waals surface area contributed by atoms with Gasteiger partial charge in [0.15, 0.2) is 0 Å². The van der Waals surface area contributed by atoms with Crippen LogP contribution >= 0.6 is 0 Å². The van der Waals surface area contributed by atoms with E-state index in [4.69, 9.17) is 5.73 Å². The van der Waals surface area contributed by atoms with Gasteiger partial charge < -0.3 is 21.7 Å². The van der Waals surface area contributed by atoms with Gasteiger partial charge in [-0.25, -0.2) is 0 Å². The van der Waals surface area contributed by atoms with Gasteiger partial charge in [0.1, 0.15) is 6.04 Å². The number of likely N-dealkylation sites (N-methyl/N-ethyl adjacent to an activating group) is 1. The van der Waals surface area contributed by atoms with Crippen LogP contribution in [0.3, 0.4) is 0 Å². The Hall–Kier alpha value is -2.41. The molecule has 0 aliphatic carbocycles. The number of hydrogen-bond donors (Lipinski definition) is 4. The van der Waals surface area contributed by atoms with Crippen molar-refractivity contribution >= 4 is 17.7 Å². The van der Waals surface area contributed by atoms with E-state index < -0.39 is 23.9 Å². The monoisotopic (exact) mass is 348 g/mol. The molecule has 0 radical (unpaired) electrons. The molecule has 0 aromatic heterocycles. The van der Waals surface area contributed by atoms with Crippen molar-refractivity contribution in [3.8, 4) is 0 Å². The molecule has 1 rings (SSSR count). The molecule has 2 atom stereocenters. The molecule has 138 valence electrons. The number of amides is 3. The highest BCUT2D eigenvalue weighted by Gasteiger charge is 2.25. The van der Waals surface area contributed by atoms with Gasteiger partial charge in [0, 0.05) is 0 Å². The van der Waals surface area contributed by atoms with Crippen LogP contribution in [0.15, 0.2) is 30.3 Å². The van der Waals surface area contributed by atoms with Crippen LogP contribution in [0, 0.1) is 5.92 Å². The summed E-state index contributed by atoms with van der Waals surface area (Å²) in [6.07, 6.45) is 0.985. The number of primary amides is 1. The maximum Gasteiger partial charge on any atom is 0.243 e.